The van der Waals surface area contributed by atoms with Crippen molar-refractivity contribution in [3.05, 3.63) is 20.8 Å². The van der Waals surface area contributed by atoms with Crippen LogP contribution in [0.15, 0.2) is 9.95 Å². The van der Waals surface area contributed by atoms with Crippen LogP contribution >= 0.6 is 23.1 Å². The summed E-state index contributed by atoms with van der Waals surface area (Å²) in [5.41, 5.74) is 1.28. The number of thioether (sulfide) groups is 1. The third-order valence-electron chi connectivity index (χ3n) is 4.54. The molecule has 7 heteroatoms. The van der Waals surface area contributed by atoms with Gasteiger partial charge >= 0.3 is 0 Å². The number of aromatic nitrogens is 2. The number of hydrogen-bond acceptors (Lipinski definition) is 5. The van der Waals surface area contributed by atoms with Crippen molar-refractivity contribution in [3.63, 3.8) is 0 Å². The number of nitrogens with one attached hydrogen (secondary N) is 1. The number of hydrogen-bond donors (Lipinski definition) is 1. The Labute approximate surface area is 162 Å². The lowest BCUT2D eigenvalue weighted by Crippen LogP contribution is -2.32. The van der Waals surface area contributed by atoms with E-state index in [9.17, 15) is 9.59 Å². The first kappa shape index (κ1) is 19.4. The molecule has 0 aliphatic heterocycles. The zero-order valence-electron chi connectivity index (χ0n) is 15.9. The van der Waals surface area contributed by atoms with Gasteiger partial charge in [-0.1, -0.05) is 32.5 Å². The van der Waals surface area contributed by atoms with E-state index in [1.807, 2.05) is 13.8 Å². The summed E-state index contributed by atoms with van der Waals surface area (Å²) in [4.78, 5) is 32.5. The van der Waals surface area contributed by atoms with Gasteiger partial charge in [-0.15, -0.1) is 11.3 Å². The van der Waals surface area contributed by atoms with Crippen molar-refractivity contribution in [2.75, 3.05) is 6.54 Å². The van der Waals surface area contributed by atoms with E-state index in [1.54, 1.807) is 15.9 Å². The number of fused-ring (bicyclic) bond motifs is 3. The molecular weight excluding hydrogens is 366 g/mol. The quantitative estimate of drug-likeness (QED) is 0.576. The van der Waals surface area contributed by atoms with E-state index in [2.05, 4.69) is 19.2 Å². The monoisotopic (exact) mass is 393 g/mol. The lowest BCUT2D eigenvalue weighted by molar-refractivity contribution is -0.120. The largest absolute Gasteiger partial charge is 0.355 e. The minimum absolute atomic E-state index is 0.00373. The van der Waals surface area contributed by atoms with Gasteiger partial charge in [-0.3, -0.25) is 14.2 Å². The van der Waals surface area contributed by atoms with Crippen molar-refractivity contribution in [2.24, 2.45) is 5.92 Å². The van der Waals surface area contributed by atoms with Crippen LogP contribution in [-0.4, -0.2) is 27.3 Å². The average molecular weight is 394 g/mol. The average Bonchev–Trinajstić information content (AvgIpc) is 3.16. The predicted molar refractivity (Wildman–Crippen MR) is 109 cm³/mol. The van der Waals surface area contributed by atoms with Crippen LogP contribution < -0.4 is 10.9 Å². The molecular formula is C19H27N3O2S2. The van der Waals surface area contributed by atoms with E-state index in [4.69, 9.17) is 4.98 Å². The summed E-state index contributed by atoms with van der Waals surface area (Å²) in [6.45, 7) is 9.40. The van der Waals surface area contributed by atoms with Crippen LogP contribution in [0.25, 0.3) is 10.2 Å². The van der Waals surface area contributed by atoms with Crippen molar-refractivity contribution in [1.82, 2.24) is 14.9 Å². The summed E-state index contributed by atoms with van der Waals surface area (Å²) in [6.07, 6.45) is 4.08. The normalized spacial score (nSPS) is 14.8. The minimum atomic E-state index is -0.281. The molecule has 0 radical (unpaired) electrons. The molecule has 0 fully saturated rings. The maximum Gasteiger partial charge on any atom is 0.263 e. The zero-order valence-corrected chi connectivity index (χ0v) is 17.6. The lowest BCUT2D eigenvalue weighted by atomic mass is 10.2. The Morgan fingerprint density at radius 3 is 2.81 bits per heavy atom. The molecule has 2 aromatic rings. The highest BCUT2D eigenvalue weighted by atomic mass is 32.2. The molecule has 2 aromatic heterocycles. The fourth-order valence-electron chi connectivity index (χ4n) is 3.28. The van der Waals surface area contributed by atoms with Gasteiger partial charge in [0.05, 0.1) is 10.6 Å². The highest BCUT2D eigenvalue weighted by Crippen LogP contribution is 2.36. The molecule has 0 saturated heterocycles. The Balaban J connectivity index is 2.00. The fourth-order valence-corrected chi connectivity index (χ4v) is 5.52. The van der Waals surface area contributed by atoms with Crippen molar-refractivity contribution in [1.29, 1.82) is 0 Å². The van der Waals surface area contributed by atoms with Gasteiger partial charge in [0, 0.05) is 18.0 Å². The molecule has 0 aromatic carbocycles. The van der Waals surface area contributed by atoms with Crippen LogP contribution in [0, 0.1) is 5.92 Å². The van der Waals surface area contributed by atoms with Gasteiger partial charge < -0.3 is 5.32 Å². The van der Waals surface area contributed by atoms with Gasteiger partial charge in [0.1, 0.15) is 4.83 Å². The second-order valence-corrected chi connectivity index (χ2v) is 9.68. The maximum absolute atomic E-state index is 13.2. The van der Waals surface area contributed by atoms with Crippen LogP contribution in [-0.2, 0) is 24.2 Å². The smallest absolute Gasteiger partial charge is 0.263 e. The second kappa shape index (κ2) is 8.13. The summed E-state index contributed by atoms with van der Waals surface area (Å²) in [6, 6.07) is 0. The molecule has 1 amide bonds. The number of nitrogens with zero attached hydrogens (tertiary/aromatic N) is 2. The van der Waals surface area contributed by atoms with Gasteiger partial charge in [-0.25, -0.2) is 4.98 Å². The summed E-state index contributed by atoms with van der Waals surface area (Å²) in [7, 11) is 0. The molecule has 0 spiro atoms. The van der Waals surface area contributed by atoms with Gasteiger partial charge in [-0.05, 0) is 44.1 Å². The minimum Gasteiger partial charge on any atom is -0.355 e. The number of amides is 1. The number of carbonyl (C=O) groups is 1. The highest BCUT2D eigenvalue weighted by Gasteiger charge is 2.25. The Morgan fingerprint density at radius 2 is 2.12 bits per heavy atom. The number of aryl methyl sites for hydroxylation is 2. The SMILES string of the molecule is CCCNC(=O)C(C)Sc1nc2sc3c(c2c(=O)n1CC(C)C)CCC3. The zero-order chi connectivity index (χ0) is 18.8. The first-order chi connectivity index (χ1) is 12.4. The van der Waals surface area contributed by atoms with Crippen LogP contribution in [0.2, 0.25) is 0 Å². The number of rotatable bonds is 7. The molecule has 26 heavy (non-hydrogen) atoms. The molecule has 1 atom stereocenters. The molecule has 1 aliphatic carbocycles. The summed E-state index contributed by atoms with van der Waals surface area (Å²) in [5, 5.41) is 4.12. The fraction of sp³-hybridized carbons (Fsp3) is 0.632. The van der Waals surface area contributed by atoms with E-state index in [-0.39, 0.29) is 16.7 Å². The predicted octanol–water partition coefficient (Wildman–Crippen LogP) is 3.61. The Bertz CT molecular complexity index is 870. The number of thiophene rings is 1. The Hall–Kier alpha value is -1.34. The van der Waals surface area contributed by atoms with E-state index in [0.29, 0.717) is 24.2 Å². The summed E-state index contributed by atoms with van der Waals surface area (Å²) in [5.74, 6) is 0.332. The van der Waals surface area contributed by atoms with Gasteiger partial charge in [0.15, 0.2) is 5.16 Å². The van der Waals surface area contributed by atoms with Crippen molar-refractivity contribution >= 4 is 39.2 Å². The molecule has 1 aliphatic rings. The van der Waals surface area contributed by atoms with Crippen LogP contribution in [0.1, 0.15) is 51.0 Å². The molecule has 2 heterocycles. The highest BCUT2D eigenvalue weighted by molar-refractivity contribution is 8.00. The van der Waals surface area contributed by atoms with Crippen LogP contribution in [0.4, 0.5) is 0 Å². The molecule has 0 bridgehead atoms. The maximum atomic E-state index is 13.2. The Kier molecular flexibility index (Phi) is 6.07. The first-order valence-electron chi connectivity index (χ1n) is 9.41. The molecule has 5 nitrogen and oxygen atoms in total. The molecule has 3 rings (SSSR count). The molecule has 1 N–H and O–H groups in total. The molecule has 142 valence electrons. The first-order valence-corrected chi connectivity index (χ1v) is 11.1. The number of carbonyl (C=O) groups excluding carboxylic acids is 1. The van der Waals surface area contributed by atoms with Crippen molar-refractivity contribution in [2.45, 2.75) is 70.3 Å². The van der Waals surface area contributed by atoms with Crippen LogP contribution in [0.3, 0.4) is 0 Å². The van der Waals surface area contributed by atoms with Gasteiger partial charge in [-0.2, -0.15) is 0 Å². The van der Waals surface area contributed by atoms with E-state index < -0.39 is 0 Å². The third kappa shape index (κ3) is 3.83. The Morgan fingerprint density at radius 1 is 1.35 bits per heavy atom. The third-order valence-corrected chi connectivity index (χ3v) is 6.81. The topological polar surface area (TPSA) is 64.0 Å². The van der Waals surface area contributed by atoms with E-state index >= 15 is 0 Å². The van der Waals surface area contributed by atoms with Crippen molar-refractivity contribution < 1.29 is 4.79 Å². The summed E-state index contributed by atoms with van der Waals surface area (Å²) >= 11 is 3.04. The van der Waals surface area contributed by atoms with Crippen molar-refractivity contribution in [3.8, 4) is 0 Å². The molecule has 0 saturated carbocycles. The van der Waals surface area contributed by atoms with Crippen LogP contribution in [0.5, 0.6) is 0 Å². The van der Waals surface area contributed by atoms with E-state index in [0.717, 1.165) is 35.9 Å². The second-order valence-electron chi connectivity index (χ2n) is 7.29. The lowest BCUT2D eigenvalue weighted by Gasteiger charge is -2.17. The molecule has 1 unspecified atom stereocenters. The standard InChI is InChI=1S/C19H27N3O2S2/c1-5-9-20-16(23)12(4)25-19-21-17-15(13-7-6-8-14(13)26-17)18(24)22(19)10-11(2)3/h11-12H,5-10H2,1-4H3,(H,20,23). The van der Waals surface area contributed by atoms with Gasteiger partial charge in [0.2, 0.25) is 5.91 Å². The van der Waals surface area contributed by atoms with Gasteiger partial charge in [0.25, 0.3) is 5.56 Å². The van der Waals surface area contributed by atoms with E-state index in [1.165, 1.54) is 22.2 Å². The summed E-state index contributed by atoms with van der Waals surface area (Å²) < 4.78 is 1.78.